The van der Waals surface area contributed by atoms with Crippen molar-refractivity contribution in [2.45, 2.75) is 25.3 Å². The number of nitrogens with two attached hydrogens (primary N) is 1. The fourth-order valence-electron chi connectivity index (χ4n) is 3.56. The summed E-state index contributed by atoms with van der Waals surface area (Å²) in [5, 5.41) is 1.54. The SMILES string of the molecule is NN(CC(F)F)C(=O)[C@H]1CCCN1c1nc(-c2c[nH]c3ncc(Cl)cc23)ncc1F. The first-order chi connectivity index (χ1) is 14.3. The summed E-state index contributed by atoms with van der Waals surface area (Å²) < 4.78 is 39.8. The number of aromatic nitrogens is 4. The van der Waals surface area contributed by atoms with Gasteiger partial charge in [0, 0.05) is 29.9 Å². The molecule has 1 atom stereocenters. The maximum absolute atomic E-state index is 14.6. The molecular weight excluding hydrogens is 423 g/mol. The number of halogens is 4. The predicted molar refractivity (Wildman–Crippen MR) is 104 cm³/mol. The van der Waals surface area contributed by atoms with Crippen LogP contribution >= 0.6 is 11.6 Å². The number of carbonyl (C=O) groups excluding carboxylic acids is 1. The van der Waals surface area contributed by atoms with Crippen LogP contribution in [0.3, 0.4) is 0 Å². The summed E-state index contributed by atoms with van der Waals surface area (Å²) >= 11 is 6.02. The van der Waals surface area contributed by atoms with Gasteiger partial charge in [0.2, 0.25) is 0 Å². The molecule has 0 radical (unpaired) electrons. The Bertz CT molecular complexity index is 1090. The Morgan fingerprint density at radius 3 is 2.97 bits per heavy atom. The number of hydrogen-bond acceptors (Lipinski definition) is 6. The van der Waals surface area contributed by atoms with E-state index in [4.69, 9.17) is 17.4 Å². The molecule has 0 aromatic carbocycles. The number of rotatable bonds is 5. The minimum Gasteiger partial charge on any atom is -0.345 e. The van der Waals surface area contributed by atoms with Gasteiger partial charge in [0.25, 0.3) is 12.3 Å². The van der Waals surface area contributed by atoms with Gasteiger partial charge >= 0.3 is 0 Å². The van der Waals surface area contributed by atoms with Crippen LogP contribution in [-0.2, 0) is 4.79 Å². The number of hydrazine groups is 1. The minimum absolute atomic E-state index is 0.0920. The lowest BCUT2D eigenvalue weighted by Crippen LogP contribution is -2.50. The highest BCUT2D eigenvalue weighted by Gasteiger charge is 2.36. The molecule has 30 heavy (non-hydrogen) atoms. The molecule has 1 fully saturated rings. The van der Waals surface area contributed by atoms with Crippen molar-refractivity contribution >= 4 is 34.4 Å². The molecule has 4 heterocycles. The minimum atomic E-state index is -2.77. The summed E-state index contributed by atoms with van der Waals surface area (Å²) in [6, 6.07) is 0.797. The van der Waals surface area contributed by atoms with E-state index in [0.29, 0.717) is 46.0 Å². The van der Waals surface area contributed by atoms with Gasteiger partial charge in [-0.1, -0.05) is 11.6 Å². The Morgan fingerprint density at radius 1 is 1.40 bits per heavy atom. The third kappa shape index (κ3) is 3.77. The van der Waals surface area contributed by atoms with E-state index < -0.39 is 30.7 Å². The number of H-pyrrole nitrogens is 1. The number of aromatic amines is 1. The van der Waals surface area contributed by atoms with Crippen LogP contribution in [0.2, 0.25) is 5.02 Å². The molecule has 12 heteroatoms. The first kappa shape index (κ1) is 20.4. The number of pyridine rings is 1. The Labute approximate surface area is 173 Å². The van der Waals surface area contributed by atoms with Crippen LogP contribution in [-0.4, -0.2) is 56.4 Å². The molecule has 0 unspecified atom stereocenters. The van der Waals surface area contributed by atoms with E-state index in [1.165, 1.54) is 11.1 Å². The van der Waals surface area contributed by atoms with E-state index in [9.17, 15) is 18.0 Å². The quantitative estimate of drug-likeness (QED) is 0.360. The van der Waals surface area contributed by atoms with Crippen molar-refractivity contribution in [2.75, 3.05) is 18.0 Å². The van der Waals surface area contributed by atoms with Crippen molar-refractivity contribution in [2.24, 2.45) is 5.84 Å². The zero-order valence-electron chi connectivity index (χ0n) is 15.5. The van der Waals surface area contributed by atoms with Crippen LogP contribution < -0.4 is 10.7 Å². The number of anilines is 1. The first-order valence-electron chi connectivity index (χ1n) is 9.11. The highest BCUT2D eigenvalue weighted by atomic mass is 35.5. The molecule has 1 aliphatic heterocycles. The molecule has 8 nitrogen and oxygen atoms in total. The Balaban J connectivity index is 1.69. The molecule has 4 rings (SSSR count). The second kappa shape index (κ2) is 8.07. The monoisotopic (exact) mass is 439 g/mol. The summed E-state index contributed by atoms with van der Waals surface area (Å²) in [5.41, 5.74) is 1.12. The van der Waals surface area contributed by atoms with E-state index in [1.807, 2.05) is 0 Å². The Hall–Kier alpha value is -2.92. The van der Waals surface area contributed by atoms with Crippen LogP contribution in [0.1, 0.15) is 12.8 Å². The van der Waals surface area contributed by atoms with Gasteiger partial charge in [0.1, 0.15) is 11.7 Å². The van der Waals surface area contributed by atoms with Crippen LogP contribution in [0.15, 0.2) is 24.7 Å². The Kier molecular flexibility index (Phi) is 5.48. The lowest BCUT2D eigenvalue weighted by molar-refractivity contribution is -0.134. The van der Waals surface area contributed by atoms with E-state index in [-0.39, 0.29) is 11.6 Å². The topological polar surface area (TPSA) is 104 Å². The van der Waals surface area contributed by atoms with Crippen LogP contribution in [0, 0.1) is 5.82 Å². The van der Waals surface area contributed by atoms with Gasteiger partial charge in [-0.2, -0.15) is 0 Å². The van der Waals surface area contributed by atoms with Gasteiger partial charge < -0.3 is 9.88 Å². The summed E-state index contributed by atoms with van der Waals surface area (Å²) in [6.45, 7) is -0.572. The smallest absolute Gasteiger partial charge is 0.259 e. The highest BCUT2D eigenvalue weighted by Crippen LogP contribution is 2.31. The van der Waals surface area contributed by atoms with Crippen LogP contribution in [0.25, 0.3) is 22.4 Å². The Morgan fingerprint density at radius 2 is 2.20 bits per heavy atom. The van der Waals surface area contributed by atoms with Crippen LogP contribution in [0.4, 0.5) is 19.0 Å². The van der Waals surface area contributed by atoms with Crippen molar-refractivity contribution < 1.29 is 18.0 Å². The molecule has 1 saturated heterocycles. The fourth-order valence-corrected chi connectivity index (χ4v) is 3.72. The maximum Gasteiger partial charge on any atom is 0.259 e. The van der Waals surface area contributed by atoms with E-state index >= 15 is 0 Å². The average Bonchev–Trinajstić information content (AvgIpc) is 3.34. The largest absolute Gasteiger partial charge is 0.345 e. The zero-order valence-corrected chi connectivity index (χ0v) is 16.3. The van der Waals surface area contributed by atoms with Gasteiger partial charge in [-0.3, -0.25) is 9.80 Å². The number of hydrogen-bond donors (Lipinski definition) is 2. The number of amides is 1. The average molecular weight is 440 g/mol. The van der Waals surface area contributed by atoms with Gasteiger partial charge in [-0.15, -0.1) is 0 Å². The van der Waals surface area contributed by atoms with Crippen molar-refractivity contribution in [3.8, 4) is 11.4 Å². The molecule has 0 saturated carbocycles. The molecule has 3 aromatic heterocycles. The number of fused-ring (bicyclic) bond motifs is 1. The normalized spacial score (nSPS) is 16.6. The fraction of sp³-hybridized carbons (Fsp3) is 0.333. The lowest BCUT2D eigenvalue weighted by atomic mass is 10.2. The number of nitrogens with one attached hydrogen (secondary N) is 1. The van der Waals surface area contributed by atoms with Crippen molar-refractivity contribution in [1.29, 1.82) is 0 Å². The van der Waals surface area contributed by atoms with Gasteiger partial charge in [0.05, 0.1) is 17.8 Å². The third-order valence-corrected chi connectivity index (χ3v) is 5.10. The number of nitrogens with zero attached hydrogens (tertiary/aromatic N) is 5. The van der Waals surface area contributed by atoms with Gasteiger partial charge in [-0.05, 0) is 18.9 Å². The van der Waals surface area contributed by atoms with E-state index in [0.717, 1.165) is 6.20 Å². The standard InChI is InChI=1S/C18H17ClF3N7O/c19-9-4-10-11(6-25-15(10)24-5-9)16-26-7-12(20)17(27-16)28-3-1-2-13(28)18(30)29(23)8-14(21)22/h4-7,13-14H,1-3,8,23H2,(H,24,25)/t13-/m1/s1. The predicted octanol–water partition coefficient (Wildman–Crippen LogP) is 2.75. The zero-order chi connectivity index (χ0) is 21.4. The summed E-state index contributed by atoms with van der Waals surface area (Å²) in [5.74, 6) is 4.16. The summed E-state index contributed by atoms with van der Waals surface area (Å²) in [7, 11) is 0. The second-order valence-electron chi connectivity index (χ2n) is 6.85. The molecule has 1 aliphatic rings. The highest BCUT2D eigenvalue weighted by molar-refractivity contribution is 6.31. The first-order valence-corrected chi connectivity index (χ1v) is 9.49. The summed E-state index contributed by atoms with van der Waals surface area (Å²) in [4.78, 5) is 29.5. The molecule has 0 spiro atoms. The summed E-state index contributed by atoms with van der Waals surface area (Å²) in [6.07, 6.45) is 2.26. The van der Waals surface area contributed by atoms with Gasteiger partial charge in [-0.25, -0.2) is 34.0 Å². The lowest BCUT2D eigenvalue weighted by Gasteiger charge is -2.28. The molecule has 158 valence electrons. The van der Waals surface area contributed by atoms with Crippen molar-refractivity contribution in [3.63, 3.8) is 0 Å². The third-order valence-electron chi connectivity index (χ3n) is 4.89. The van der Waals surface area contributed by atoms with E-state index in [2.05, 4.69) is 19.9 Å². The molecule has 0 bridgehead atoms. The molecule has 3 aromatic rings. The van der Waals surface area contributed by atoms with Crippen molar-refractivity contribution in [1.82, 2.24) is 24.9 Å². The molecule has 3 N–H and O–H groups in total. The van der Waals surface area contributed by atoms with E-state index in [1.54, 1.807) is 12.3 Å². The van der Waals surface area contributed by atoms with Crippen molar-refractivity contribution in [3.05, 3.63) is 35.5 Å². The maximum atomic E-state index is 14.6. The molecule has 1 amide bonds. The number of alkyl halides is 2. The second-order valence-corrected chi connectivity index (χ2v) is 7.29. The molecular formula is C18H17ClF3N7O. The van der Waals surface area contributed by atoms with Gasteiger partial charge in [0.15, 0.2) is 17.5 Å². The molecule has 0 aliphatic carbocycles. The van der Waals surface area contributed by atoms with Crippen LogP contribution in [0.5, 0.6) is 0 Å². The number of carbonyl (C=O) groups is 1.